The molecule has 0 bridgehead atoms. The van der Waals surface area contributed by atoms with E-state index in [0.29, 0.717) is 24.3 Å². The van der Waals surface area contributed by atoms with Crippen LogP contribution in [-0.4, -0.2) is 24.6 Å². The number of halogens is 12. The SMILES string of the molecule is CCc1[c]c(C)cc(C(F)(C(F)(F)F)C(F)(F)C(F)(F)F)c1-c1ccc(OC(F)(F)F)cc1. The van der Waals surface area contributed by atoms with Crippen LogP contribution < -0.4 is 4.74 Å². The van der Waals surface area contributed by atoms with Crippen LogP contribution in [0.1, 0.15) is 23.6 Å². The fourth-order valence-corrected chi connectivity index (χ4v) is 3.17. The maximum Gasteiger partial charge on any atom is 0.573 e. The Morgan fingerprint density at radius 2 is 1.30 bits per heavy atom. The quantitative estimate of drug-likeness (QED) is 0.383. The lowest BCUT2D eigenvalue weighted by Gasteiger charge is -2.37. The van der Waals surface area contributed by atoms with Gasteiger partial charge in [0.1, 0.15) is 5.75 Å². The van der Waals surface area contributed by atoms with Crippen LogP contribution in [0.5, 0.6) is 5.75 Å². The van der Waals surface area contributed by atoms with Crippen LogP contribution in [0.15, 0.2) is 30.3 Å². The van der Waals surface area contributed by atoms with Gasteiger partial charge in [0.05, 0.1) is 0 Å². The molecule has 1 nitrogen and oxygen atoms in total. The predicted octanol–water partition coefficient (Wildman–Crippen LogP) is 7.85. The van der Waals surface area contributed by atoms with E-state index in [1.807, 2.05) is 0 Å². The van der Waals surface area contributed by atoms with Gasteiger partial charge in [0.25, 0.3) is 0 Å². The molecule has 0 saturated carbocycles. The Bertz CT molecular complexity index is 986. The minimum atomic E-state index is -6.93. The van der Waals surface area contributed by atoms with Crippen molar-refractivity contribution in [1.29, 1.82) is 0 Å². The van der Waals surface area contributed by atoms with Crippen molar-refractivity contribution >= 4 is 0 Å². The van der Waals surface area contributed by atoms with Gasteiger partial charge in [-0.05, 0) is 53.8 Å². The first-order valence-electron chi connectivity index (χ1n) is 8.89. The fourth-order valence-electron chi connectivity index (χ4n) is 3.17. The molecule has 2 rings (SSSR count). The van der Waals surface area contributed by atoms with E-state index in [-0.39, 0.29) is 23.6 Å². The molecule has 0 heterocycles. The molecule has 0 spiro atoms. The van der Waals surface area contributed by atoms with Crippen LogP contribution in [0.2, 0.25) is 0 Å². The smallest absolute Gasteiger partial charge is 0.406 e. The summed E-state index contributed by atoms with van der Waals surface area (Å²) < 4.78 is 164. The van der Waals surface area contributed by atoms with Crippen LogP contribution in [0.3, 0.4) is 0 Å². The minimum Gasteiger partial charge on any atom is -0.406 e. The van der Waals surface area contributed by atoms with E-state index < -0.39 is 52.7 Å². The molecule has 2 aromatic carbocycles. The molecular weight excluding hydrogens is 484 g/mol. The number of hydrogen-bond donors (Lipinski definition) is 0. The van der Waals surface area contributed by atoms with Crippen molar-refractivity contribution in [2.75, 3.05) is 0 Å². The van der Waals surface area contributed by atoms with Gasteiger partial charge in [0.2, 0.25) is 0 Å². The van der Waals surface area contributed by atoms with E-state index in [1.165, 1.54) is 6.92 Å². The normalized spacial score (nSPS) is 15.3. The zero-order chi connectivity index (χ0) is 25.6. The molecule has 0 N–H and O–H groups in total. The second-order valence-corrected chi connectivity index (χ2v) is 6.87. The first-order valence-corrected chi connectivity index (χ1v) is 8.89. The highest BCUT2D eigenvalue weighted by Gasteiger charge is 2.82. The number of rotatable bonds is 5. The summed E-state index contributed by atoms with van der Waals surface area (Å²) in [5.41, 5.74) is -10.6. The Kier molecular flexibility index (Phi) is 6.72. The number of ether oxygens (including phenoxy) is 1. The van der Waals surface area contributed by atoms with E-state index in [4.69, 9.17) is 0 Å². The molecule has 1 atom stereocenters. The minimum absolute atomic E-state index is 0.155. The van der Waals surface area contributed by atoms with E-state index >= 15 is 4.39 Å². The number of hydrogen-bond acceptors (Lipinski definition) is 1. The van der Waals surface area contributed by atoms with Crippen molar-refractivity contribution in [2.45, 2.75) is 50.6 Å². The first-order chi connectivity index (χ1) is 14.8. The third kappa shape index (κ3) is 4.86. The molecule has 0 amide bonds. The molecule has 0 aliphatic rings. The summed E-state index contributed by atoms with van der Waals surface area (Å²) in [6.07, 6.45) is -19.1. The largest absolute Gasteiger partial charge is 0.573 e. The summed E-state index contributed by atoms with van der Waals surface area (Å²) in [5, 5.41) is 0. The summed E-state index contributed by atoms with van der Waals surface area (Å²) in [6.45, 7) is 2.30. The lowest BCUT2D eigenvalue weighted by molar-refractivity contribution is -0.389. The Labute approximate surface area is 179 Å². The van der Waals surface area contributed by atoms with Gasteiger partial charge >= 0.3 is 30.3 Å². The van der Waals surface area contributed by atoms with Crippen LogP contribution >= 0.6 is 0 Å². The van der Waals surface area contributed by atoms with Gasteiger partial charge in [-0.25, -0.2) is 4.39 Å². The molecule has 0 fully saturated rings. The highest BCUT2D eigenvalue weighted by molar-refractivity contribution is 5.74. The zero-order valence-corrected chi connectivity index (χ0v) is 16.5. The summed E-state index contributed by atoms with van der Waals surface area (Å²) in [6, 6.07) is 5.13. The molecule has 33 heavy (non-hydrogen) atoms. The maximum absolute atomic E-state index is 15.3. The van der Waals surface area contributed by atoms with Crippen LogP contribution in [-0.2, 0) is 12.1 Å². The average Bonchev–Trinajstić information content (AvgIpc) is 2.64. The average molecular weight is 497 g/mol. The summed E-state index contributed by atoms with van der Waals surface area (Å²) in [7, 11) is 0. The Balaban J connectivity index is 2.90. The van der Waals surface area contributed by atoms with Gasteiger partial charge in [-0.2, -0.15) is 35.1 Å². The monoisotopic (exact) mass is 497 g/mol. The van der Waals surface area contributed by atoms with Gasteiger partial charge in [-0.1, -0.05) is 25.1 Å². The van der Waals surface area contributed by atoms with Crippen molar-refractivity contribution in [2.24, 2.45) is 0 Å². The molecule has 183 valence electrons. The van der Waals surface area contributed by atoms with Crippen molar-refractivity contribution in [1.82, 2.24) is 0 Å². The van der Waals surface area contributed by atoms with Crippen molar-refractivity contribution < 1.29 is 57.4 Å². The van der Waals surface area contributed by atoms with E-state index in [2.05, 4.69) is 10.8 Å². The maximum atomic E-state index is 15.3. The second-order valence-electron chi connectivity index (χ2n) is 6.87. The molecule has 0 aliphatic carbocycles. The van der Waals surface area contributed by atoms with Gasteiger partial charge in [0, 0.05) is 5.56 Å². The van der Waals surface area contributed by atoms with E-state index in [1.54, 1.807) is 0 Å². The molecule has 13 heteroatoms. The molecule has 0 saturated heterocycles. The third-order valence-corrected chi connectivity index (χ3v) is 4.56. The summed E-state index contributed by atoms with van der Waals surface area (Å²) >= 11 is 0. The Hall–Kier alpha value is -2.60. The van der Waals surface area contributed by atoms with Gasteiger partial charge in [0.15, 0.2) is 0 Å². The van der Waals surface area contributed by atoms with Crippen molar-refractivity contribution in [3.05, 3.63) is 53.1 Å². The van der Waals surface area contributed by atoms with Gasteiger partial charge in [-0.3, -0.25) is 0 Å². The summed E-state index contributed by atoms with van der Waals surface area (Å²) in [4.78, 5) is 0. The lowest BCUT2D eigenvalue weighted by atomic mass is 9.79. The molecule has 1 radical (unpaired) electrons. The molecule has 0 aromatic heterocycles. The fraction of sp³-hybridized carbons (Fsp3) is 0.400. The predicted molar refractivity (Wildman–Crippen MR) is 91.4 cm³/mol. The molecule has 1 unspecified atom stereocenters. The van der Waals surface area contributed by atoms with E-state index in [0.717, 1.165) is 6.92 Å². The third-order valence-electron chi connectivity index (χ3n) is 4.56. The highest BCUT2D eigenvalue weighted by atomic mass is 19.4. The van der Waals surface area contributed by atoms with E-state index in [9.17, 15) is 48.3 Å². The van der Waals surface area contributed by atoms with Crippen molar-refractivity contribution in [3.8, 4) is 16.9 Å². The number of aryl methyl sites for hydroxylation is 2. The molecule has 2 aromatic rings. The lowest BCUT2D eigenvalue weighted by Crippen LogP contribution is -2.60. The van der Waals surface area contributed by atoms with Gasteiger partial charge in [-0.15, -0.1) is 13.2 Å². The number of alkyl halides is 12. The standard InChI is InChI=1S/C20H13F12O/c1-3-11-8-10(2)9-14(16(21,18(24,25)26)17(22,23)19(27,28)29)15(11)12-4-6-13(7-5-12)33-20(30,31)32/h4-7,9H,3H2,1-2H3. The van der Waals surface area contributed by atoms with Crippen LogP contribution in [0.25, 0.3) is 11.1 Å². The summed E-state index contributed by atoms with van der Waals surface area (Å²) in [5.74, 6) is -7.77. The zero-order valence-electron chi connectivity index (χ0n) is 16.5. The Morgan fingerprint density at radius 1 is 0.788 bits per heavy atom. The van der Waals surface area contributed by atoms with Gasteiger partial charge < -0.3 is 4.74 Å². The topological polar surface area (TPSA) is 9.23 Å². The second kappa shape index (κ2) is 8.32. The number of benzene rings is 2. The van der Waals surface area contributed by atoms with Crippen LogP contribution in [0.4, 0.5) is 52.7 Å². The Morgan fingerprint density at radius 3 is 1.70 bits per heavy atom. The highest BCUT2D eigenvalue weighted by Crippen LogP contribution is 2.60. The first kappa shape index (κ1) is 26.7. The molecular formula is C20H13F12O. The van der Waals surface area contributed by atoms with Crippen LogP contribution in [0, 0.1) is 13.0 Å². The van der Waals surface area contributed by atoms with Crippen molar-refractivity contribution in [3.63, 3.8) is 0 Å². The molecule has 0 aliphatic heterocycles.